The highest BCUT2D eigenvalue weighted by molar-refractivity contribution is 6.20. The van der Waals surface area contributed by atoms with Gasteiger partial charge < -0.3 is 5.11 Å². The quantitative estimate of drug-likeness (QED) is 0.440. The highest BCUT2D eigenvalue weighted by atomic mass is 35.5. The highest BCUT2D eigenvalue weighted by Gasteiger charge is 2.18. The summed E-state index contributed by atoms with van der Waals surface area (Å²) in [5.41, 5.74) is 0. The average Bonchev–Trinajstić information content (AvgIpc) is 1.89. The second-order valence-electron chi connectivity index (χ2n) is 2.40. The molecule has 52 valence electrons. The Morgan fingerprint density at radius 2 is 2.11 bits per heavy atom. The predicted octanol–water partition coefficient (Wildman–Crippen LogP) is 1.55. The van der Waals surface area contributed by atoms with Gasteiger partial charge in [0.15, 0.2) is 0 Å². The Morgan fingerprint density at radius 1 is 1.44 bits per heavy atom. The average molecular weight is 147 g/mol. The zero-order valence-corrected chi connectivity index (χ0v) is 6.01. The molecule has 1 rings (SSSR count). The first kappa shape index (κ1) is 7.10. The molecule has 1 aliphatic rings. The van der Waals surface area contributed by atoms with Crippen molar-refractivity contribution >= 4 is 11.6 Å². The number of halogens is 1. The summed E-state index contributed by atoms with van der Waals surface area (Å²) in [6.45, 7) is 0.221. The fourth-order valence-corrected chi connectivity index (χ4v) is 1.31. The molecule has 1 N–H and O–H groups in total. The Hall–Kier alpha value is -0.0100. The summed E-state index contributed by atoms with van der Waals surface area (Å²) in [6, 6.07) is 0. The molecule has 0 saturated carbocycles. The van der Waals surface area contributed by atoms with Crippen molar-refractivity contribution in [2.45, 2.75) is 18.2 Å². The summed E-state index contributed by atoms with van der Waals surface area (Å²) >= 11 is 5.87. The van der Waals surface area contributed by atoms with E-state index in [1.807, 2.05) is 0 Å². The summed E-state index contributed by atoms with van der Waals surface area (Å²) in [4.78, 5) is 0. The number of hydrogen-bond acceptors (Lipinski definition) is 1. The molecule has 1 nitrogen and oxygen atoms in total. The molecule has 0 radical (unpaired) electrons. The first-order chi connectivity index (χ1) is 4.34. The van der Waals surface area contributed by atoms with Crippen LogP contribution < -0.4 is 0 Å². The Labute approximate surface area is 60.3 Å². The van der Waals surface area contributed by atoms with E-state index in [1.54, 1.807) is 0 Å². The number of hydrogen-bond donors (Lipinski definition) is 1. The van der Waals surface area contributed by atoms with Gasteiger partial charge in [0.1, 0.15) is 0 Å². The maximum absolute atomic E-state index is 8.74. The molecule has 0 fully saturated rings. The largest absolute Gasteiger partial charge is 0.396 e. The van der Waals surface area contributed by atoms with Crippen LogP contribution in [0.3, 0.4) is 0 Å². The van der Waals surface area contributed by atoms with E-state index < -0.39 is 0 Å². The molecule has 0 saturated heterocycles. The topological polar surface area (TPSA) is 20.2 Å². The van der Waals surface area contributed by atoms with Crippen LogP contribution in [0, 0.1) is 5.92 Å². The zero-order valence-electron chi connectivity index (χ0n) is 5.26. The van der Waals surface area contributed by atoms with E-state index in [-0.39, 0.29) is 17.9 Å². The summed E-state index contributed by atoms with van der Waals surface area (Å²) in [5.74, 6) is 0.289. The van der Waals surface area contributed by atoms with Gasteiger partial charge in [-0.05, 0) is 12.8 Å². The lowest BCUT2D eigenvalue weighted by Crippen LogP contribution is -2.19. The van der Waals surface area contributed by atoms with Crippen LogP contribution in [0.25, 0.3) is 0 Å². The van der Waals surface area contributed by atoms with Crippen LogP contribution in [-0.4, -0.2) is 17.1 Å². The molecule has 2 heteroatoms. The van der Waals surface area contributed by atoms with E-state index >= 15 is 0 Å². The molecular weight excluding hydrogens is 136 g/mol. The standard InChI is InChI=1S/C7H11ClO/c8-7-4-2-1-3-6(7)5-9/h1-2,6-7,9H,3-5H2. The van der Waals surface area contributed by atoms with Gasteiger partial charge in [0.05, 0.1) is 0 Å². The molecule has 0 aliphatic heterocycles. The van der Waals surface area contributed by atoms with Crippen LogP contribution in [0.4, 0.5) is 0 Å². The number of aliphatic hydroxyl groups excluding tert-OH is 1. The molecule has 0 bridgehead atoms. The summed E-state index contributed by atoms with van der Waals surface area (Å²) in [6.07, 6.45) is 6.00. The summed E-state index contributed by atoms with van der Waals surface area (Å²) in [7, 11) is 0. The molecular formula is C7H11ClO. The van der Waals surface area contributed by atoms with E-state index in [0.717, 1.165) is 12.8 Å². The van der Waals surface area contributed by atoms with Crippen LogP contribution >= 0.6 is 11.6 Å². The predicted molar refractivity (Wildman–Crippen MR) is 38.6 cm³/mol. The minimum Gasteiger partial charge on any atom is -0.396 e. The Bertz CT molecular complexity index is 111. The molecule has 2 atom stereocenters. The monoisotopic (exact) mass is 146 g/mol. The molecule has 0 heterocycles. The van der Waals surface area contributed by atoms with Gasteiger partial charge in [-0.1, -0.05) is 12.2 Å². The van der Waals surface area contributed by atoms with Crippen molar-refractivity contribution in [1.82, 2.24) is 0 Å². The van der Waals surface area contributed by atoms with E-state index in [4.69, 9.17) is 16.7 Å². The molecule has 0 aromatic rings. The smallest absolute Gasteiger partial charge is 0.0476 e. The van der Waals surface area contributed by atoms with Crippen molar-refractivity contribution in [3.8, 4) is 0 Å². The van der Waals surface area contributed by atoms with Crippen LogP contribution in [-0.2, 0) is 0 Å². The summed E-state index contributed by atoms with van der Waals surface area (Å²) in [5, 5.41) is 8.90. The van der Waals surface area contributed by atoms with Gasteiger partial charge in [0, 0.05) is 17.9 Å². The first-order valence-corrected chi connectivity index (χ1v) is 3.68. The minimum atomic E-state index is 0.153. The van der Waals surface area contributed by atoms with Gasteiger partial charge in [-0.2, -0.15) is 0 Å². The van der Waals surface area contributed by atoms with Gasteiger partial charge in [0.25, 0.3) is 0 Å². The fraction of sp³-hybridized carbons (Fsp3) is 0.714. The Kier molecular flexibility index (Phi) is 2.55. The summed E-state index contributed by atoms with van der Waals surface area (Å²) < 4.78 is 0. The lowest BCUT2D eigenvalue weighted by molar-refractivity contribution is 0.220. The molecule has 0 spiro atoms. The van der Waals surface area contributed by atoms with Gasteiger partial charge >= 0.3 is 0 Å². The second kappa shape index (κ2) is 3.23. The van der Waals surface area contributed by atoms with Crippen molar-refractivity contribution in [1.29, 1.82) is 0 Å². The maximum Gasteiger partial charge on any atom is 0.0476 e. The number of allylic oxidation sites excluding steroid dienone is 2. The Morgan fingerprint density at radius 3 is 2.56 bits per heavy atom. The van der Waals surface area contributed by atoms with Crippen molar-refractivity contribution in [2.24, 2.45) is 5.92 Å². The van der Waals surface area contributed by atoms with E-state index in [2.05, 4.69) is 12.2 Å². The van der Waals surface area contributed by atoms with E-state index in [0.29, 0.717) is 0 Å². The van der Waals surface area contributed by atoms with E-state index in [1.165, 1.54) is 0 Å². The van der Waals surface area contributed by atoms with Crippen LogP contribution in [0.5, 0.6) is 0 Å². The van der Waals surface area contributed by atoms with Gasteiger partial charge in [0.2, 0.25) is 0 Å². The van der Waals surface area contributed by atoms with E-state index in [9.17, 15) is 0 Å². The number of alkyl halides is 1. The van der Waals surface area contributed by atoms with Gasteiger partial charge in [-0.25, -0.2) is 0 Å². The molecule has 0 aromatic carbocycles. The van der Waals surface area contributed by atoms with Gasteiger partial charge in [-0.15, -0.1) is 11.6 Å². The fourth-order valence-electron chi connectivity index (χ4n) is 1.03. The number of aliphatic hydroxyl groups is 1. The Balaban J connectivity index is 2.43. The van der Waals surface area contributed by atoms with Crippen molar-refractivity contribution in [3.05, 3.63) is 12.2 Å². The molecule has 0 aromatic heterocycles. The minimum absolute atomic E-state index is 0.153. The van der Waals surface area contributed by atoms with Crippen LogP contribution in [0.2, 0.25) is 0 Å². The normalized spacial score (nSPS) is 34.9. The highest BCUT2D eigenvalue weighted by Crippen LogP contribution is 2.22. The first-order valence-electron chi connectivity index (χ1n) is 3.24. The lowest BCUT2D eigenvalue weighted by atomic mass is 9.95. The van der Waals surface area contributed by atoms with Gasteiger partial charge in [-0.3, -0.25) is 0 Å². The molecule has 9 heavy (non-hydrogen) atoms. The van der Waals surface area contributed by atoms with Crippen molar-refractivity contribution in [3.63, 3.8) is 0 Å². The van der Waals surface area contributed by atoms with Crippen LogP contribution in [0.1, 0.15) is 12.8 Å². The van der Waals surface area contributed by atoms with Crippen molar-refractivity contribution in [2.75, 3.05) is 6.61 Å². The molecule has 0 amide bonds. The zero-order chi connectivity index (χ0) is 6.69. The maximum atomic E-state index is 8.74. The SMILES string of the molecule is OCC1CC=CCC1Cl. The molecule has 1 aliphatic carbocycles. The third-order valence-electron chi connectivity index (χ3n) is 1.71. The molecule has 2 unspecified atom stereocenters. The van der Waals surface area contributed by atoms with Crippen molar-refractivity contribution < 1.29 is 5.11 Å². The lowest BCUT2D eigenvalue weighted by Gasteiger charge is -2.20. The second-order valence-corrected chi connectivity index (χ2v) is 2.96. The third-order valence-corrected chi connectivity index (χ3v) is 2.25. The third kappa shape index (κ3) is 1.70. The number of rotatable bonds is 1. The van der Waals surface area contributed by atoms with Crippen LogP contribution in [0.15, 0.2) is 12.2 Å².